The summed E-state index contributed by atoms with van der Waals surface area (Å²) in [5.41, 5.74) is 3.97. The van der Waals surface area contributed by atoms with E-state index >= 15 is 0 Å². The molecule has 3 rings (SSSR count). The van der Waals surface area contributed by atoms with Crippen LogP contribution in [0.25, 0.3) is 10.4 Å². The molecule has 3 aromatic rings. The van der Waals surface area contributed by atoms with E-state index in [1.807, 2.05) is 25.1 Å². The van der Waals surface area contributed by atoms with Gasteiger partial charge in [-0.3, -0.25) is 14.8 Å². The third-order valence-corrected chi connectivity index (χ3v) is 6.35. The molecule has 7 heteroatoms. The van der Waals surface area contributed by atoms with Crippen molar-refractivity contribution in [3.8, 4) is 10.4 Å². The zero-order valence-corrected chi connectivity index (χ0v) is 15.9. The van der Waals surface area contributed by atoms with Crippen molar-refractivity contribution in [3.63, 3.8) is 0 Å². The number of carbonyl (C=O) groups excluding carboxylic acids is 2. The van der Waals surface area contributed by atoms with Gasteiger partial charge in [0, 0.05) is 9.75 Å². The average molecular weight is 386 g/mol. The number of rotatable bonds is 5. The number of hydroxylamine groups is 1. The SMILES string of the molecule is Cc1ccccc1-c1ccc(C(C)NC(=O)c2ccc(C(=O)NO)s2)s1. The van der Waals surface area contributed by atoms with Gasteiger partial charge < -0.3 is 5.32 Å². The number of aryl methyl sites for hydroxylation is 1. The number of benzene rings is 1. The summed E-state index contributed by atoms with van der Waals surface area (Å²) in [7, 11) is 0. The highest BCUT2D eigenvalue weighted by atomic mass is 32.1. The van der Waals surface area contributed by atoms with Crippen molar-refractivity contribution in [1.29, 1.82) is 0 Å². The molecule has 0 fully saturated rings. The number of thiophene rings is 2. The quantitative estimate of drug-likeness (QED) is 0.449. The Balaban J connectivity index is 1.71. The van der Waals surface area contributed by atoms with Crippen molar-refractivity contribution >= 4 is 34.5 Å². The van der Waals surface area contributed by atoms with Crippen LogP contribution in [0.1, 0.15) is 42.7 Å². The molecular weight excluding hydrogens is 368 g/mol. The van der Waals surface area contributed by atoms with E-state index in [1.54, 1.807) is 22.9 Å². The van der Waals surface area contributed by atoms with Gasteiger partial charge in [0.05, 0.1) is 15.8 Å². The normalized spacial score (nSPS) is 11.8. The maximum absolute atomic E-state index is 12.4. The molecule has 0 aliphatic carbocycles. The molecule has 0 radical (unpaired) electrons. The Bertz CT molecular complexity index is 946. The Morgan fingerprint density at radius 2 is 1.65 bits per heavy atom. The molecule has 0 aliphatic rings. The molecule has 1 aromatic carbocycles. The first-order valence-corrected chi connectivity index (χ1v) is 9.63. The molecule has 5 nitrogen and oxygen atoms in total. The van der Waals surface area contributed by atoms with Crippen LogP contribution in [0.3, 0.4) is 0 Å². The number of nitrogens with one attached hydrogen (secondary N) is 2. The molecule has 0 aliphatic heterocycles. The molecular formula is C19H18N2O3S2. The van der Waals surface area contributed by atoms with E-state index in [0.717, 1.165) is 21.1 Å². The summed E-state index contributed by atoms with van der Waals surface area (Å²) in [6, 6.07) is 15.2. The van der Waals surface area contributed by atoms with Gasteiger partial charge in [-0.1, -0.05) is 24.3 Å². The molecule has 2 heterocycles. The third kappa shape index (κ3) is 3.85. The summed E-state index contributed by atoms with van der Waals surface area (Å²) in [6.07, 6.45) is 0. The third-order valence-electron chi connectivity index (χ3n) is 3.97. The molecule has 2 aromatic heterocycles. The Hall–Kier alpha value is -2.48. The number of hydrogen-bond acceptors (Lipinski definition) is 5. The second kappa shape index (κ2) is 7.82. The Morgan fingerprint density at radius 1 is 0.962 bits per heavy atom. The zero-order chi connectivity index (χ0) is 18.7. The lowest BCUT2D eigenvalue weighted by Crippen LogP contribution is -2.25. The van der Waals surface area contributed by atoms with E-state index in [-0.39, 0.29) is 16.8 Å². The van der Waals surface area contributed by atoms with E-state index in [4.69, 9.17) is 5.21 Å². The van der Waals surface area contributed by atoms with Crippen LogP contribution in [0.4, 0.5) is 0 Å². The zero-order valence-electron chi connectivity index (χ0n) is 14.3. The summed E-state index contributed by atoms with van der Waals surface area (Å²) >= 11 is 2.68. The molecule has 1 atom stereocenters. The van der Waals surface area contributed by atoms with E-state index in [1.165, 1.54) is 17.2 Å². The van der Waals surface area contributed by atoms with Crippen LogP contribution in [-0.2, 0) is 0 Å². The lowest BCUT2D eigenvalue weighted by atomic mass is 10.1. The first-order valence-electron chi connectivity index (χ1n) is 8.00. The van der Waals surface area contributed by atoms with Crippen LogP contribution in [0.5, 0.6) is 0 Å². The monoisotopic (exact) mass is 386 g/mol. The number of carbonyl (C=O) groups is 2. The van der Waals surface area contributed by atoms with Crippen molar-refractivity contribution in [2.24, 2.45) is 0 Å². The molecule has 134 valence electrons. The van der Waals surface area contributed by atoms with Crippen LogP contribution in [0.2, 0.25) is 0 Å². The maximum atomic E-state index is 12.4. The molecule has 0 saturated heterocycles. The predicted molar refractivity (Wildman–Crippen MR) is 104 cm³/mol. The maximum Gasteiger partial charge on any atom is 0.284 e. The summed E-state index contributed by atoms with van der Waals surface area (Å²) in [4.78, 5) is 26.7. The minimum Gasteiger partial charge on any atom is -0.344 e. The molecule has 26 heavy (non-hydrogen) atoms. The Labute approximate surface area is 159 Å². The van der Waals surface area contributed by atoms with Gasteiger partial charge in [0.25, 0.3) is 11.8 Å². The van der Waals surface area contributed by atoms with E-state index in [2.05, 4.69) is 30.4 Å². The fourth-order valence-corrected chi connectivity index (χ4v) is 4.46. The summed E-state index contributed by atoms with van der Waals surface area (Å²) in [6.45, 7) is 4.01. The van der Waals surface area contributed by atoms with Gasteiger partial charge in [-0.05, 0) is 49.2 Å². The molecule has 0 saturated carbocycles. The van der Waals surface area contributed by atoms with Gasteiger partial charge in [0.15, 0.2) is 0 Å². The van der Waals surface area contributed by atoms with Gasteiger partial charge in [0.2, 0.25) is 0 Å². The van der Waals surface area contributed by atoms with Crippen molar-refractivity contribution in [2.45, 2.75) is 19.9 Å². The topological polar surface area (TPSA) is 78.4 Å². The minimum absolute atomic E-state index is 0.150. The Kier molecular flexibility index (Phi) is 5.51. The first-order chi connectivity index (χ1) is 12.5. The van der Waals surface area contributed by atoms with Crippen LogP contribution in [-0.4, -0.2) is 17.0 Å². The van der Waals surface area contributed by atoms with Gasteiger partial charge in [-0.15, -0.1) is 22.7 Å². The standard InChI is InChI=1S/C19H18N2O3S2/c1-11-5-3-4-6-13(11)15-8-7-14(25-15)12(2)20-18(22)16-9-10-17(26-16)19(23)21-24/h3-10,12,24H,1-2H3,(H,20,22)(H,21,23). The highest BCUT2D eigenvalue weighted by Crippen LogP contribution is 2.33. The van der Waals surface area contributed by atoms with E-state index in [9.17, 15) is 9.59 Å². The van der Waals surface area contributed by atoms with Crippen molar-refractivity contribution < 1.29 is 14.8 Å². The van der Waals surface area contributed by atoms with Crippen LogP contribution >= 0.6 is 22.7 Å². The van der Waals surface area contributed by atoms with Crippen molar-refractivity contribution in [3.05, 3.63) is 68.7 Å². The summed E-state index contributed by atoms with van der Waals surface area (Å²) in [5.74, 6) is -0.867. The van der Waals surface area contributed by atoms with E-state index < -0.39 is 5.91 Å². The van der Waals surface area contributed by atoms with Crippen LogP contribution in [0.15, 0.2) is 48.5 Å². The minimum atomic E-state index is -0.622. The van der Waals surface area contributed by atoms with Crippen molar-refractivity contribution in [1.82, 2.24) is 10.8 Å². The second-order valence-electron chi connectivity index (χ2n) is 5.82. The lowest BCUT2D eigenvalue weighted by molar-refractivity contribution is 0.0711. The molecule has 2 amide bonds. The smallest absolute Gasteiger partial charge is 0.284 e. The second-order valence-corrected chi connectivity index (χ2v) is 8.02. The summed E-state index contributed by atoms with van der Waals surface area (Å²) < 4.78 is 0. The molecule has 1 unspecified atom stereocenters. The fraction of sp³-hybridized carbons (Fsp3) is 0.158. The Morgan fingerprint density at radius 3 is 2.35 bits per heavy atom. The van der Waals surface area contributed by atoms with Crippen LogP contribution in [0, 0.1) is 6.92 Å². The molecule has 0 bridgehead atoms. The summed E-state index contributed by atoms with van der Waals surface area (Å²) in [5, 5.41) is 11.6. The molecule has 3 N–H and O–H groups in total. The predicted octanol–water partition coefficient (Wildman–Crippen LogP) is 4.40. The number of amides is 2. The highest BCUT2D eigenvalue weighted by molar-refractivity contribution is 7.16. The largest absolute Gasteiger partial charge is 0.344 e. The van der Waals surface area contributed by atoms with Crippen molar-refractivity contribution in [2.75, 3.05) is 0 Å². The highest BCUT2D eigenvalue weighted by Gasteiger charge is 2.17. The lowest BCUT2D eigenvalue weighted by Gasteiger charge is -2.11. The van der Waals surface area contributed by atoms with Gasteiger partial charge in [-0.2, -0.15) is 0 Å². The van der Waals surface area contributed by atoms with Crippen LogP contribution < -0.4 is 10.8 Å². The molecule has 0 spiro atoms. The average Bonchev–Trinajstić information content (AvgIpc) is 3.31. The van der Waals surface area contributed by atoms with Gasteiger partial charge >= 0.3 is 0 Å². The van der Waals surface area contributed by atoms with Gasteiger partial charge in [-0.25, -0.2) is 5.48 Å². The van der Waals surface area contributed by atoms with E-state index in [0.29, 0.717) is 4.88 Å². The fourth-order valence-electron chi connectivity index (χ4n) is 2.56. The first kappa shape index (κ1) is 18.3. The number of hydrogen-bond donors (Lipinski definition) is 3. The van der Waals surface area contributed by atoms with Gasteiger partial charge in [0.1, 0.15) is 0 Å².